The maximum Gasteiger partial charge on any atom is 0.259 e. The SMILES string of the molecule is Cc1cc(F)ccc1N(C)C(=O)c1cc(NCC2(C=O)C(c3cc(Cl)cc(Cl)c3)C2(Cl)Cl)ccc1Cl. The van der Waals surface area contributed by atoms with Crippen LogP contribution in [0.5, 0.6) is 0 Å². The molecule has 3 aromatic rings. The lowest BCUT2D eigenvalue weighted by molar-refractivity contribution is -0.112. The minimum absolute atomic E-state index is 0.0838. The van der Waals surface area contributed by atoms with Crippen molar-refractivity contribution in [2.45, 2.75) is 17.2 Å². The van der Waals surface area contributed by atoms with Gasteiger partial charge in [-0.25, -0.2) is 4.39 Å². The number of nitrogens with one attached hydrogen (secondary N) is 1. The number of aldehydes is 1. The van der Waals surface area contributed by atoms with Gasteiger partial charge in [0.15, 0.2) is 0 Å². The molecule has 0 aromatic heterocycles. The first-order valence-electron chi connectivity index (χ1n) is 10.8. The molecular weight excluding hydrogens is 569 g/mol. The number of amides is 1. The highest BCUT2D eigenvalue weighted by molar-refractivity contribution is 6.54. The molecule has 0 heterocycles. The zero-order valence-electron chi connectivity index (χ0n) is 19.1. The predicted octanol–water partition coefficient (Wildman–Crippen LogP) is 7.94. The molecule has 10 heteroatoms. The number of rotatable bonds is 7. The summed E-state index contributed by atoms with van der Waals surface area (Å²) in [5.74, 6) is -1.32. The number of hydrogen-bond acceptors (Lipinski definition) is 3. The van der Waals surface area contributed by atoms with Crippen LogP contribution in [0.15, 0.2) is 54.6 Å². The highest BCUT2D eigenvalue weighted by Crippen LogP contribution is 2.73. The van der Waals surface area contributed by atoms with E-state index in [-0.39, 0.29) is 23.0 Å². The number of anilines is 2. The van der Waals surface area contributed by atoms with Crippen LogP contribution in [0, 0.1) is 18.2 Å². The quantitative estimate of drug-likeness (QED) is 0.225. The van der Waals surface area contributed by atoms with Crippen LogP contribution in [0.3, 0.4) is 0 Å². The maximum atomic E-state index is 13.5. The Morgan fingerprint density at radius 3 is 2.33 bits per heavy atom. The van der Waals surface area contributed by atoms with Crippen LogP contribution in [0.1, 0.15) is 27.4 Å². The molecule has 0 spiro atoms. The third-order valence-electron chi connectivity index (χ3n) is 6.45. The van der Waals surface area contributed by atoms with Crippen LogP contribution in [0.2, 0.25) is 15.1 Å². The van der Waals surface area contributed by atoms with Crippen molar-refractivity contribution in [2.24, 2.45) is 5.41 Å². The molecule has 188 valence electrons. The fourth-order valence-corrected chi connectivity index (χ4v) is 6.18. The first-order valence-corrected chi connectivity index (χ1v) is 12.7. The van der Waals surface area contributed by atoms with Crippen molar-refractivity contribution in [3.8, 4) is 0 Å². The van der Waals surface area contributed by atoms with Crippen LogP contribution in [0.25, 0.3) is 0 Å². The van der Waals surface area contributed by atoms with Gasteiger partial charge in [0.1, 0.15) is 16.4 Å². The van der Waals surface area contributed by atoms with Gasteiger partial charge in [-0.3, -0.25) is 4.79 Å². The third kappa shape index (κ3) is 4.80. The van der Waals surface area contributed by atoms with Gasteiger partial charge in [0.05, 0.1) is 16.0 Å². The van der Waals surface area contributed by atoms with Gasteiger partial charge in [0.25, 0.3) is 5.91 Å². The van der Waals surface area contributed by atoms with Gasteiger partial charge < -0.3 is 15.0 Å². The van der Waals surface area contributed by atoms with E-state index < -0.39 is 21.5 Å². The molecule has 1 N–H and O–H groups in total. The molecular formula is C26H20Cl5FN2O2. The molecule has 0 saturated heterocycles. The van der Waals surface area contributed by atoms with Crippen LogP contribution >= 0.6 is 58.0 Å². The number of hydrogen-bond donors (Lipinski definition) is 1. The minimum atomic E-state index is -1.39. The topological polar surface area (TPSA) is 49.4 Å². The van der Waals surface area contributed by atoms with Gasteiger partial charge in [-0.05, 0) is 72.6 Å². The fourth-order valence-electron chi connectivity index (χ4n) is 4.47. The van der Waals surface area contributed by atoms with Gasteiger partial charge in [-0.2, -0.15) is 0 Å². The standard InChI is InChI=1S/C26H20Cl5FN2O2/c1-14-7-18(32)3-6-22(14)34(2)24(36)20-11-19(4-5-21(20)29)33-12-25(13-35)23(26(25,30)31)15-8-16(27)10-17(28)9-15/h3-11,13,23,33H,12H2,1-2H3. The summed E-state index contributed by atoms with van der Waals surface area (Å²) in [6.07, 6.45) is 0.729. The van der Waals surface area contributed by atoms with Crippen molar-refractivity contribution in [1.82, 2.24) is 0 Å². The molecule has 0 aliphatic heterocycles. The molecule has 4 nitrogen and oxygen atoms in total. The average Bonchev–Trinajstić information content (AvgIpc) is 3.31. The smallest absolute Gasteiger partial charge is 0.259 e. The minimum Gasteiger partial charge on any atom is -0.384 e. The first-order chi connectivity index (χ1) is 16.9. The van der Waals surface area contributed by atoms with Crippen LogP contribution in [-0.4, -0.2) is 30.1 Å². The van der Waals surface area contributed by atoms with Gasteiger partial charge in [-0.1, -0.05) is 58.0 Å². The molecule has 0 bridgehead atoms. The number of nitrogens with zero attached hydrogens (tertiary/aromatic N) is 1. The second kappa shape index (κ2) is 10.0. The first kappa shape index (κ1) is 27.0. The molecule has 1 aliphatic rings. The Labute approximate surface area is 233 Å². The van der Waals surface area contributed by atoms with Crippen molar-refractivity contribution >= 4 is 81.6 Å². The summed E-state index contributed by atoms with van der Waals surface area (Å²) in [5, 5.41) is 4.21. The van der Waals surface area contributed by atoms with Gasteiger partial charge in [0.2, 0.25) is 0 Å². The summed E-state index contributed by atoms with van der Waals surface area (Å²) in [5.41, 5.74) is 1.40. The zero-order chi connectivity index (χ0) is 26.4. The summed E-state index contributed by atoms with van der Waals surface area (Å²) in [6.45, 7) is 1.80. The zero-order valence-corrected chi connectivity index (χ0v) is 22.9. The number of alkyl halides is 2. The highest BCUT2D eigenvalue weighted by Gasteiger charge is 2.76. The van der Waals surface area contributed by atoms with Gasteiger partial charge in [0, 0.05) is 40.9 Å². The van der Waals surface area contributed by atoms with E-state index in [1.54, 1.807) is 50.4 Å². The number of carbonyl (C=O) groups is 2. The van der Waals surface area contributed by atoms with E-state index >= 15 is 0 Å². The molecule has 2 atom stereocenters. The molecule has 3 aromatic carbocycles. The fraction of sp³-hybridized carbons (Fsp3) is 0.231. The Balaban J connectivity index is 1.57. The Morgan fingerprint density at radius 2 is 1.72 bits per heavy atom. The molecule has 1 fully saturated rings. The number of aryl methyl sites for hydroxylation is 1. The van der Waals surface area contributed by atoms with Crippen molar-refractivity contribution in [1.29, 1.82) is 0 Å². The van der Waals surface area contributed by atoms with Gasteiger partial charge in [-0.15, -0.1) is 0 Å². The Kier molecular flexibility index (Phi) is 7.53. The van der Waals surface area contributed by atoms with Gasteiger partial charge >= 0.3 is 0 Å². The van der Waals surface area contributed by atoms with Crippen molar-refractivity contribution in [2.75, 3.05) is 23.8 Å². The summed E-state index contributed by atoms with van der Waals surface area (Å²) >= 11 is 31.8. The Hall–Kier alpha value is -2.02. The predicted molar refractivity (Wildman–Crippen MR) is 146 cm³/mol. The van der Waals surface area contributed by atoms with E-state index in [0.29, 0.717) is 32.5 Å². The molecule has 1 aliphatic carbocycles. The number of benzene rings is 3. The molecule has 0 radical (unpaired) electrons. The van der Waals surface area contributed by atoms with Crippen molar-refractivity contribution in [3.05, 3.63) is 92.2 Å². The monoisotopic (exact) mass is 586 g/mol. The third-order valence-corrected chi connectivity index (χ3v) is 8.36. The molecule has 36 heavy (non-hydrogen) atoms. The van der Waals surface area contributed by atoms with E-state index in [1.165, 1.54) is 23.1 Å². The lowest BCUT2D eigenvalue weighted by Gasteiger charge is -2.21. The van der Waals surface area contributed by atoms with Crippen LogP contribution < -0.4 is 10.2 Å². The summed E-state index contributed by atoms with van der Waals surface area (Å²) in [7, 11) is 1.58. The molecule has 2 unspecified atom stereocenters. The largest absolute Gasteiger partial charge is 0.384 e. The van der Waals surface area contributed by atoms with E-state index in [4.69, 9.17) is 58.0 Å². The number of halogens is 6. The summed E-state index contributed by atoms with van der Waals surface area (Å²) in [4.78, 5) is 26.9. The van der Waals surface area contributed by atoms with E-state index in [1.807, 2.05) is 0 Å². The summed E-state index contributed by atoms with van der Waals surface area (Å²) in [6, 6.07) is 13.9. The lowest BCUT2D eigenvalue weighted by Crippen LogP contribution is -2.27. The normalized spacial score (nSPS) is 20.1. The lowest BCUT2D eigenvalue weighted by atomic mass is 10.00. The van der Waals surface area contributed by atoms with Crippen molar-refractivity contribution < 1.29 is 14.0 Å². The summed E-state index contributed by atoms with van der Waals surface area (Å²) < 4.78 is 12.1. The molecule has 1 saturated carbocycles. The Morgan fingerprint density at radius 1 is 1.06 bits per heavy atom. The maximum absolute atomic E-state index is 13.5. The second-order valence-electron chi connectivity index (χ2n) is 8.76. The van der Waals surface area contributed by atoms with Crippen molar-refractivity contribution in [3.63, 3.8) is 0 Å². The highest BCUT2D eigenvalue weighted by atomic mass is 35.5. The Bertz CT molecular complexity index is 1350. The number of carbonyl (C=O) groups excluding carboxylic acids is 2. The average molecular weight is 589 g/mol. The molecule has 1 amide bonds. The molecule has 4 rings (SSSR count). The van der Waals surface area contributed by atoms with Crippen LogP contribution in [-0.2, 0) is 4.79 Å². The van der Waals surface area contributed by atoms with E-state index in [9.17, 15) is 14.0 Å². The van der Waals surface area contributed by atoms with E-state index in [2.05, 4.69) is 5.32 Å². The van der Waals surface area contributed by atoms with Crippen LogP contribution in [0.4, 0.5) is 15.8 Å². The van der Waals surface area contributed by atoms with E-state index in [0.717, 1.165) is 6.29 Å². The second-order valence-corrected chi connectivity index (χ2v) is 11.4.